The molecule has 0 unspecified atom stereocenters. The first kappa shape index (κ1) is 15.7. The van der Waals surface area contributed by atoms with Crippen LogP contribution in [0.15, 0.2) is 41.2 Å². The molecule has 1 aliphatic heterocycles. The molecule has 3 nitrogen and oxygen atoms in total. The van der Waals surface area contributed by atoms with E-state index in [1.54, 1.807) is 41.0 Å². The van der Waals surface area contributed by atoms with Crippen LogP contribution in [0.1, 0.15) is 17.8 Å². The van der Waals surface area contributed by atoms with E-state index in [1.807, 2.05) is 6.08 Å². The van der Waals surface area contributed by atoms with E-state index in [4.69, 9.17) is 34.8 Å². The van der Waals surface area contributed by atoms with Crippen molar-refractivity contribution < 1.29 is 0 Å². The second-order valence-corrected chi connectivity index (χ2v) is 6.86. The monoisotopic (exact) mass is 376 g/mol. The molecule has 24 heavy (non-hydrogen) atoms. The van der Waals surface area contributed by atoms with Gasteiger partial charge in [-0.1, -0.05) is 40.9 Å². The first-order chi connectivity index (χ1) is 11.5. The number of fused-ring (bicyclic) bond motifs is 2. The van der Waals surface area contributed by atoms with Crippen LogP contribution in [0.4, 0.5) is 0 Å². The standard InChI is InChI=1S/C18H11Cl3N2O/c19-11-4-5-16-13(9-11)18(24)23-7-6-10(17(23)22-16)8-12-14(20)2-1-3-15(12)21/h1-5,8-9H,6-7H2/b10-8+. The van der Waals surface area contributed by atoms with Gasteiger partial charge in [0.25, 0.3) is 5.56 Å². The number of allylic oxidation sites excluding steroid dienone is 1. The average Bonchev–Trinajstić information content (AvgIpc) is 2.95. The first-order valence-corrected chi connectivity index (χ1v) is 8.53. The van der Waals surface area contributed by atoms with Crippen molar-refractivity contribution in [1.29, 1.82) is 0 Å². The van der Waals surface area contributed by atoms with Gasteiger partial charge in [0, 0.05) is 27.2 Å². The summed E-state index contributed by atoms with van der Waals surface area (Å²) in [4.78, 5) is 17.3. The van der Waals surface area contributed by atoms with Crippen LogP contribution in [0, 0.1) is 0 Å². The fourth-order valence-electron chi connectivity index (χ4n) is 2.95. The van der Waals surface area contributed by atoms with Gasteiger partial charge < -0.3 is 0 Å². The highest BCUT2D eigenvalue weighted by Crippen LogP contribution is 2.32. The van der Waals surface area contributed by atoms with Crippen molar-refractivity contribution in [3.8, 4) is 0 Å². The van der Waals surface area contributed by atoms with Crippen molar-refractivity contribution in [2.24, 2.45) is 0 Å². The number of nitrogens with zero attached hydrogens (tertiary/aromatic N) is 2. The molecule has 1 aliphatic rings. The first-order valence-electron chi connectivity index (χ1n) is 7.39. The van der Waals surface area contributed by atoms with E-state index < -0.39 is 0 Å². The zero-order chi connectivity index (χ0) is 16.8. The number of halogens is 3. The van der Waals surface area contributed by atoms with Gasteiger partial charge in [0.1, 0.15) is 5.82 Å². The third-order valence-electron chi connectivity index (χ3n) is 4.13. The molecule has 0 amide bonds. The number of benzene rings is 2. The summed E-state index contributed by atoms with van der Waals surface area (Å²) in [5.74, 6) is 0.658. The molecular weight excluding hydrogens is 367 g/mol. The zero-order valence-electron chi connectivity index (χ0n) is 12.4. The number of rotatable bonds is 1. The van der Waals surface area contributed by atoms with E-state index in [9.17, 15) is 4.79 Å². The van der Waals surface area contributed by atoms with Gasteiger partial charge in [0.15, 0.2) is 0 Å². The van der Waals surface area contributed by atoms with Crippen LogP contribution in [-0.4, -0.2) is 9.55 Å². The Balaban J connectivity index is 1.94. The van der Waals surface area contributed by atoms with Crippen LogP contribution in [-0.2, 0) is 6.54 Å². The normalized spacial score (nSPS) is 15.2. The van der Waals surface area contributed by atoms with E-state index >= 15 is 0 Å². The molecule has 0 fully saturated rings. The summed E-state index contributed by atoms with van der Waals surface area (Å²) >= 11 is 18.5. The second kappa shape index (κ2) is 5.92. The van der Waals surface area contributed by atoms with Crippen LogP contribution < -0.4 is 5.56 Å². The summed E-state index contributed by atoms with van der Waals surface area (Å²) in [5.41, 5.74) is 2.24. The second-order valence-electron chi connectivity index (χ2n) is 5.61. The summed E-state index contributed by atoms with van der Waals surface area (Å²) < 4.78 is 1.68. The van der Waals surface area contributed by atoms with Gasteiger partial charge in [-0.15, -0.1) is 0 Å². The van der Waals surface area contributed by atoms with Crippen molar-refractivity contribution in [1.82, 2.24) is 9.55 Å². The van der Waals surface area contributed by atoms with E-state index in [2.05, 4.69) is 4.98 Å². The Hall–Kier alpha value is -1.81. The van der Waals surface area contributed by atoms with Gasteiger partial charge in [-0.2, -0.15) is 0 Å². The highest BCUT2D eigenvalue weighted by atomic mass is 35.5. The van der Waals surface area contributed by atoms with Crippen molar-refractivity contribution >= 4 is 57.4 Å². The van der Waals surface area contributed by atoms with Gasteiger partial charge >= 0.3 is 0 Å². The Morgan fingerprint density at radius 2 is 1.83 bits per heavy atom. The minimum Gasteiger partial charge on any atom is -0.292 e. The van der Waals surface area contributed by atoms with E-state index in [0.717, 1.165) is 11.1 Å². The van der Waals surface area contributed by atoms with E-state index in [0.29, 0.717) is 44.8 Å². The number of hydrogen-bond donors (Lipinski definition) is 0. The molecule has 0 aliphatic carbocycles. The SMILES string of the molecule is O=c1c2cc(Cl)ccc2nc2n1CC/C2=C\c1c(Cl)cccc1Cl. The van der Waals surface area contributed by atoms with E-state index in [1.165, 1.54) is 0 Å². The molecule has 0 atom stereocenters. The van der Waals surface area contributed by atoms with Gasteiger partial charge in [0.2, 0.25) is 0 Å². The molecule has 0 N–H and O–H groups in total. The Morgan fingerprint density at radius 1 is 1.08 bits per heavy atom. The van der Waals surface area contributed by atoms with Crippen LogP contribution in [0.5, 0.6) is 0 Å². The third kappa shape index (κ3) is 2.53. The maximum Gasteiger partial charge on any atom is 0.261 e. The van der Waals surface area contributed by atoms with Crippen molar-refractivity contribution in [2.45, 2.75) is 13.0 Å². The molecule has 120 valence electrons. The molecule has 0 bridgehead atoms. The van der Waals surface area contributed by atoms with Crippen LogP contribution in [0.25, 0.3) is 22.6 Å². The molecule has 2 heterocycles. The average molecular weight is 378 g/mol. The highest BCUT2D eigenvalue weighted by molar-refractivity contribution is 6.37. The highest BCUT2D eigenvalue weighted by Gasteiger charge is 2.21. The predicted molar refractivity (Wildman–Crippen MR) is 100.0 cm³/mol. The lowest BCUT2D eigenvalue weighted by molar-refractivity contribution is 0.725. The molecular formula is C18H11Cl3N2O. The van der Waals surface area contributed by atoms with Gasteiger partial charge in [-0.3, -0.25) is 9.36 Å². The Kier molecular flexibility index (Phi) is 3.87. The Morgan fingerprint density at radius 3 is 2.58 bits per heavy atom. The maximum absolute atomic E-state index is 12.7. The third-order valence-corrected chi connectivity index (χ3v) is 5.02. The van der Waals surface area contributed by atoms with Crippen molar-refractivity contribution in [3.63, 3.8) is 0 Å². The molecule has 0 spiro atoms. The summed E-state index contributed by atoms with van der Waals surface area (Å²) in [6.07, 6.45) is 2.62. The summed E-state index contributed by atoms with van der Waals surface area (Å²) in [6, 6.07) is 10.5. The minimum atomic E-state index is -0.0776. The maximum atomic E-state index is 12.7. The number of hydrogen-bond acceptors (Lipinski definition) is 2. The zero-order valence-corrected chi connectivity index (χ0v) is 14.7. The minimum absolute atomic E-state index is 0.0776. The summed E-state index contributed by atoms with van der Waals surface area (Å²) in [5, 5.41) is 2.20. The van der Waals surface area contributed by atoms with Crippen molar-refractivity contribution in [2.75, 3.05) is 0 Å². The van der Waals surface area contributed by atoms with Gasteiger partial charge in [0.05, 0.1) is 10.9 Å². The predicted octanol–water partition coefficient (Wildman–Crippen LogP) is 5.30. The van der Waals surface area contributed by atoms with Crippen LogP contribution in [0.2, 0.25) is 15.1 Å². The molecule has 0 saturated carbocycles. The molecule has 2 aromatic carbocycles. The molecule has 4 rings (SSSR count). The molecule has 0 radical (unpaired) electrons. The van der Waals surface area contributed by atoms with Crippen molar-refractivity contribution in [3.05, 3.63) is 73.2 Å². The fraction of sp³-hybridized carbons (Fsp3) is 0.111. The summed E-state index contributed by atoms with van der Waals surface area (Å²) in [6.45, 7) is 0.581. The molecule has 0 saturated heterocycles. The Bertz CT molecular complexity index is 1050. The lowest BCUT2D eigenvalue weighted by Gasteiger charge is -2.07. The molecule has 3 aromatic rings. The molecule has 6 heteroatoms. The fourth-order valence-corrected chi connectivity index (χ4v) is 3.63. The quantitative estimate of drug-likeness (QED) is 0.576. The Labute approximate surface area is 153 Å². The molecule has 1 aromatic heterocycles. The lowest BCUT2D eigenvalue weighted by Crippen LogP contribution is -2.20. The van der Waals surface area contributed by atoms with E-state index in [-0.39, 0.29) is 5.56 Å². The lowest BCUT2D eigenvalue weighted by atomic mass is 10.1. The van der Waals surface area contributed by atoms with Crippen LogP contribution in [0.3, 0.4) is 0 Å². The van der Waals surface area contributed by atoms with Crippen LogP contribution >= 0.6 is 34.8 Å². The van der Waals surface area contributed by atoms with Gasteiger partial charge in [-0.05, 0) is 48.4 Å². The summed E-state index contributed by atoms with van der Waals surface area (Å²) in [7, 11) is 0. The topological polar surface area (TPSA) is 34.9 Å². The largest absolute Gasteiger partial charge is 0.292 e. The number of aromatic nitrogens is 2. The smallest absolute Gasteiger partial charge is 0.261 e. The van der Waals surface area contributed by atoms with Gasteiger partial charge in [-0.25, -0.2) is 4.98 Å².